The van der Waals surface area contributed by atoms with Crippen LogP contribution in [0.4, 0.5) is 0 Å². The third-order valence-electron chi connectivity index (χ3n) is 13.2. The lowest BCUT2D eigenvalue weighted by Gasteiger charge is -2.70. The Hall–Kier alpha value is -0.380. The summed E-state index contributed by atoms with van der Waals surface area (Å²) in [6, 6.07) is 0. The molecule has 3 nitrogen and oxygen atoms in total. The molecule has 6 fully saturated rings. The molecular formula is C30H48O3. The zero-order valence-electron chi connectivity index (χ0n) is 22.0. The molecule has 0 aromatic heterocycles. The Balaban J connectivity index is 1.39. The van der Waals surface area contributed by atoms with Crippen LogP contribution in [0.1, 0.15) is 99.3 Å². The smallest absolute Gasteiger partial charge is 0.0745 e. The molecule has 0 aromatic carbocycles. The second kappa shape index (κ2) is 6.88. The maximum absolute atomic E-state index is 11.7. The molecule has 3 heteroatoms. The number of hydrogen-bond acceptors (Lipinski definition) is 3. The van der Waals surface area contributed by atoms with E-state index in [0.717, 1.165) is 25.9 Å². The van der Waals surface area contributed by atoms with Crippen molar-refractivity contribution in [2.75, 3.05) is 6.61 Å². The largest absolute Gasteiger partial charge is 0.393 e. The second-order valence-electron chi connectivity index (χ2n) is 14.8. The first kappa shape index (κ1) is 23.0. The molecule has 2 N–H and O–H groups in total. The fourth-order valence-corrected chi connectivity index (χ4v) is 11.8. The van der Waals surface area contributed by atoms with Crippen LogP contribution in [0.3, 0.4) is 0 Å². The van der Waals surface area contributed by atoms with Crippen LogP contribution in [0.25, 0.3) is 0 Å². The molecule has 1 saturated heterocycles. The van der Waals surface area contributed by atoms with E-state index in [0.29, 0.717) is 35.0 Å². The van der Waals surface area contributed by atoms with Crippen molar-refractivity contribution in [1.29, 1.82) is 0 Å². The molecule has 7 unspecified atom stereocenters. The van der Waals surface area contributed by atoms with Crippen LogP contribution in [0.15, 0.2) is 11.6 Å². The summed E-state index contributed by atoms with van der Waals surface area (Å²) in [5.74, 6) is 2.53. The summed E-state index contributed by atoms with van der Waals surface area (Å²) in [5.41, 5.74) is 2.09. The number of ether oxygens (including phenoxy) is 1. The monoisotopic (exact) mass is 456 g/mol. The molecule has 0 amide bonds. The second-order valence-corrected chi connectivity index (χ2v) is 14.8. The van der Waals surface area contributed by atoms with Gasteiger partial charge >= 0.3 is 0 Å². The molecule has 6 aliphatic rings. The maximum atomic E-state index is 11.7. The summed E-state index contributed by atoms with van der Waals surface area (Å²) < 4.78 is 6.85. The van der Waals surface area contributed by atoms with E-state index in [1.165, 1.54) is 44.1 Å². The Kier molecular flexibility index (Phi) is 4.81. The van der Waals surface area contributed by atoms with Gasteiger partial charge in [-0.1, -0.05) is 39.3 Å². The fraction of sp³-hybridized carbons (Fsp3) is 0.933. The van der Waals surface area contributed by atoms with Gasteiger partial charge in [-0.05, 0) is 106 Å². The summed E-state index contributed by atoms with van der Waals surface area (Å²) in [5, 5.41) is 22.6. The molecule has 2 spiro atoms. The van der Waals surface area contributed by atoms with E-state index in [-0.39, 0.29) is 34.1 Å². The average Bonchev–Trinajstić information content (AvgIpc) is 3.26. The Morgan fingerprint density at radius 2 is 1.64 bits per heavy atom. The zero-order valence-corrected chi connectivity index (χ0v) is 22.0. The van der Waals surface area contributed by atoms with Crippen LogP contribution in [0, 0.1) is 51.2 Å². The van der Waals surface area contributed by atoms with Gasteiger partial charge in [-0.3, -0.25) is 0 Å². The molecule has 186 valence electrons. The van der Waals surface area contributed by atoms with E-state index in [2.05, 4.69) is 47.6 Å². The van der Waals surface area contributed by atoms with E-state index >= 15 is 0 Å². The van der Waals surface area contributed by atoms with Crippen LogP contribution in [-0.4, -0.2) is 34.6 Å². The fourth-order valence-electron chi connectivity index (χ4n) is 11.8. The molecule has 2 bridgehead atoms. The Bertz CT molecular complexity index is 859. The van der Waals surface area contributed by atoms with Gasteiger partial charge in [0, 0.05) is 17.3 Å². The molecule has 5 aliphatic carbocycles. The van der Waals surface area contributed by atoms with Crippen LogP contribution in [0.2, 0.25) is 0 Å². The number of aliphatic hydroxyl groups excluding tert-OH is 2. The highest BCUT2D eigenvalue weighted by Crippen LogP contribution is 2.80. The van der Waals surface area contributed by atoms with Gasteiger partial charge in [0.05, 0.1) is 24.4 Å². The Labute approximate surface area is 201 Å². The molecule has 1 heterocycles. The van der Waals surface area contributed by atoms with Gasteiger partial charge in [0.2, 0.25) is 0 Å². The van der Waals surface area contributed by atoms with Crippen molar-refractivity contribution in [3.63, 3.8) is 0 Å². The van der Waals surface area contributed by atoms with Crippen LogP contribution in [0.5, 0.6) is 0 Å². The predicted octanol–water partition coefficient (Wildman–Crippen LogP) is 6.13. The SMILES string of the molecule is CC(C)=C[C@@H]1CCC23CC4(CO2)C(CCC2[C@@]5(C)CCC(O)C(C)(C)C5CC[C@]24C)C3[C@H]1O. The van der Waals surface area contributed by atoms with Gasteiger partial charge in [0.1, 0.15) is 0 Å². The van der Waals surface area contributed by atoms with Crippen molar-refractivity contribution in [2.24, 2.45) is 51.2 Å². The number of hydrogen-bond donors (Lipinski definition) is 2. The van der Waals surface area contributed by atoms with E-state index in [4.69, 9.17) is 4.74 Å². The van der Waals surface area contributed by atoms with Gasteiger partial charge in [0.25, 0.3) is 0 Å². The van der Waals surface area contributed by atoms with Gasteiger partial charge in [0.15, 0.2) is 0 Å². The van der Waals surface area contributed by atoms with E-state index in [1.807, 2.05) is 0 Å². The molecule has 5 saturated carbocycles. The Morgan fingerprint density at radius 3 is 2.36 bits per heavy atom. The highest BCUT2D eigenvalue weighted by molar-refractivity contribution is 5.27. The summed E-state index contributed by atoms with van der Waals surface area (Å²) in [4.78, 5) is 0. The molecule has 0 radical (unpaired) electrons. The molecule has 33 heavy (non-hydrogen) atoms. The molecule has 11 atom stereocenters. The summed E-state index contributed by atoms with van der Waals surface area (Å²) in [6.45, 7) is 15.2. The van der Waals surface area contributed by atoms with E-state index in [1.54, 1.807) is 0 Å². The summed E-state index contributed by atoms with van der Waals surface area (Å²) >= 11 is 0. The van der Waals surface area contributed by atoms with E-state index in [9.17, 15) is 10.2 Å². The number of rotatable bonds is 1. The van der Waals surface area contributed by atoms with Gasteiger partial charge in [-0.2, -0.15) is 0 Å². The van der Waals surface area contributed by atoms with E-state index < -0.39 is 0 Å². The lowest BCUT2D eigenvalue weighted by atomic mass is 9.35. The van der Waals surface area contributed by atoms with Crippen molar-refractivity contribution >= 4 is 0 Å². The van der Waals surface area contributed by atoms with Crippen molar-refractivity contribution in [3.8, 4) is 0 Å². The topological polar surface area (TPSA) is 49.7 Å². The van der Waals surface area contributed by atoms with Crippen LogP contribution >= 0.6 is 0 Å². The number of allylic oxidation sites excluding steroid dienone is 1. The molecule has 1 aliphatic heterocycles. The summed E-state index contributed by atoms with van der Waals surface area (Å²) in [6.07, 6.45) is 12.5. The van der Waals surface area contributed by atoms with Crippen molar-refractivity contribution in [2.45, 2.75) is 117 Å². The van der Waals surface area contributed by atoms with Crippen molar-refractivity contribution in [1.82, 2.24) is 0 Å². The van der Waals surface area contributed by atoms with Gasteiger partial charge in [-0.15, -0.1) is 0 Å². The highest BCUT2D eigenvalue weighted by atomic mass is 16.5. The normalized spacial score (nSPS) is 58.6. The zero-order chi connectivity index (χ0) is 23.6. The van der Waals surface area contributed by atoms with Crippen molar-refractivity contribution < 1.29 is 14.9 Å². The lowest BCUT2D eigenvalue weighted by Crippen LogP contribution is -2.66. The van der Waals surface area contributed by atoms with Crippen molar-refractivity contribution in [3.05, 3.63) is 11.6 Å². The molecular weight excluding hydrogens is 408 g/mol. The minimum atomic E-state index is -0.253. The highest BCUT2D eigenvalue weighted by Gasteiger charge is 2.78. The lowest BCUT2D eigenvalue weighted by molar-refractivity contribution is -0.250. The first-order valence-electron chi connectivity index (χ1n) is 14.1. The first-order chi connectivity index (χ1) is 15.4. The minimum Gasteiger partial charge on any atom is -0.393 e. The predicted molar refractivity (Wildman–Crippen MR) is 132 cm³/mol. The number of aliphatic hydroxyl groups is 2. The van der Waals surface area contributed by atoms with Crippen LogP contribution < -0.4 is 0 Å². The molecule has 6 rings (SSSR count). The minimum absolute atomic E-state index is 0.00761. The average molecular weight is 457 g/mol. The standard InChI is InChI=1S/C30H48O3/c1-18(2)15-19-9-14-30-16-29(17-33-30)20(24(30)25(19)32)7-8-22-27(5)12-11-23(31)26(3,4)21(27)10-13-28(22,29)6/h15,19-25,31-32H,7-14,16-17H2,1-6H3/t19-,20?,21?,22?,23?,24?,25-,27-,28+,29?,30?/m0/s1. The quantitative estimate of drug-likeness (QED) is 0.467. The van der Waals surface area contributed by atoms with Crippen LogP contribution in [-0.2, 0) is 4.74 Å². The maximum Gasteiger partial charge on any atom is 0.0745 e. The third-order valence-corrected chi connectivity index (χ3v) is 13.2. The third kappa shape index (κ3) is 2.63. The van der Waals surface area contributed by atoms with Gasteiger partial charge < -0.3 is 14.9 Å². The number of fused-ring (bicyclic) bond motifs is 4. The first-order valence-corrected chi connectivity index (χ1v) is 14.1. The Morgan fingerprint density at radius 1 is 0.879 bits per heavy atom. The molecule has 0 aromatic rings. The van der Waals surface area contributed by atoms with Gasteiger partial charge in [-0.25, -0.2) is 0 Å². The summed E-state index contributed by atoms with van der Waals surface area (Å²) in [7, 11) is 0.